The number of likely N-dealkylation sites (N-methyl/N-ethyl adjacent to an activating group) is 1. The van der Waals surface area contributed by atoms with Gasteiger partial charge in [-0.05, 0) is 66.8 Å². The fraction of sp³-hybridized carbons (Fsp3) is 0.318. The predicted molar refractivity (Wildman–Crippen MR) is 107 cm³/mol. The number of benzene rings is 1. The zero-order valence-electron chi connectivity index (χ0n) is 15.8. The molecule has 25 heavy (non-hydrogen) atoms. The molecule has 0 aliphatic heterocycles. The molecule has 0 radical (unpaired) electrons. The van der Waals surface area contributed by atoms with Gasteiger partial charge in [0.2, 0.25) is 0 Å². The highest BCUT2D eigenvalue weighted by molar-refractivity contribution is 5.72. The second kappa shape index (κ2) is 7.90. The Balaban J connectivity index is 2.41. The summed E-state index contributed by atoms with van der Waals surface area (Å²) >= 11 is 0. The Morgan fingerprint density at radius 1 is 1.28 bits per heavy atom. The molecule has 0 amide bonds. The van der Waals surface area contributed by atoms with Crippen LogP contribution >= 0.6 is 0 Å². The minimum absolute atomic E-state index is 0.570. The summed E-state index contributed by atoms with van der Waals surface area (Å²) in [7, 11) is 3.78. The van der Waals surface area contributed by atoms with Crippen molar-refractivity contribution in [1.82, 2.24) is 4.90 Å². The van der Waals surface area contributed by atoms with Crippen LogP contribution in [0, 0.1) is 11.3 Å². The van der Waals surface area contributed by atoms with E-state index in [1.807, 2.05) is 25.1 Å². The summed E-state index contributed by atoms with van der Waals surface area (Å²) in [5.74, 6) is 0. The molecule has 1 aromatic rings. The van der Waals surface area contributed by atoms with Gasteiger partial charge in [0.15, 0.2) is 0 Å². The Morgan fingerprint density at radius 2 is 1.96 bits per heavy atom. The van der Waals surface area contributed by atoms with E-state index in [4.69, 9.17) is 0 Å². The van der Waals surface area contributed by atoms with Gasteiger partial charge in [-0.25, -0.2) is 0 Å². The van der Waals surface area contributed by atoms with Crippen LogP contribution in [0.4, 0.5) is 5.69 Å². The lowest BCUT2D eigenvalue weighted by atomic mass is 9.87. The van der Waals surface area contributed by atoms with Crippen molar-refractivity contribution in [2.24, 2.45) is 0 Å². The van der Waals surface area contributed by atoms with Gasteiger partial charge in [0, 0.05) is 38.6 Å². The Hall–Kier alpha value is -2.73. The van der Waals surface area contributed by atoms with Crippen LogP contribution in [0.25, 0.3) is 6.08 Å². The maximum Gasteiger partial charge on any atom is 0.101 e. The van der Waals surface area contributed by atoms with Crippen LogP contribution in [0.3, 0.4) is 0 Å². The molecule has 0 N–H and O–H groups in total. The second-order valence-corrected chi connectivity index (χ2v) is 6.45. The maximum absolute atomic E-state index is 9.44. The molecular formula is C22H27N3. The molecule has 0 fully saturated rings. The first kappa shape index (κ1) is 18.6. The van der Waals surface area contributed by atoms with E-state index in [9.17, 15) is 5.26 Å². The monoisotopic (exact) mass is 333 g/mol. The maximum atomic E-state index is 9.44. The first-order chi connectivity index (χ1) is 11.9. The quantitative estimate of drug-likeness (QED) is 0.565. The molecule has 3 heteroatoms. The molecule has 2 rings (SSSR count). The van der Waals surface area contributed by atoms with Crippen LogP contribution in [-0.2, 0) is 6.42 Å². The fourth-order valence-corrected chi connectivity index (χ4v) is 2.99. The summed E-state index contributed by atoms with van der Waals surface area (Å²) in [5, 5.41) is 9.44. The average Bonchev–Trinajstić information content (AvgIpc) is 2.60. The standard InChI is InChI=1S/C22H27N3/c1-7-25(8-2)22-10-9-18-12-19(16(3)11-20(18)14-22)13-21(15-23)17(4)24(5)6/h9-10,12-14H,3-4,7-8,11H2,1-2,5-6H3/b21-13+. The minimum atomic E-state index is 0.570. The van der Waals surface area contributed by atoms with Crippen LogP contribution in [-0.4, -0.2) is 32.1 Å². The van der Waals surface area contributed by atoms with E-state index in [0.29, 0.717) is 11.3 Å². The number of nitriles is 1. The van der Waals surface area contributed by atoms with Crippen molar-refractivity contribution in [2.45, 2.75) is 20.3 Å². The number of rotatable bonds is 6. The molecule has 0 spiro atoms. The SMILES string of the molecule is C=C1Cc2cc(N(CC)CC)ccc2C=C1/C=C(\C#N)C(=C)N(C)C. The van der Waals surface area contributed by atoms with Crippen molar-refractivity contribution in [3.8, 4) is 6.07 Å². The van der Waals surface area contributed by atoms with Gasteiger partial charge in [0.05, 0.1) is 5.57 Å². The van der Waals surface area contributed by atoms with Gasteiger partial charge < -0.3 is 9.80 Å². The van der Waals surface area contributed by atoms with Crippen LogP contribution in [0.15, 0.2) is 59.8 Å². The number of fused-ring (bicyclic) bond motifs is 1. The molecule has 1 aliphatic carbocycles. The number of hydrogen-bond donors (Lipinski definition) is 0. The summed E-state index contributed by atoms with van der Waals surface area (Å²) < 4.78 is 0. The molecule has 0 atom stereocenters. The van der Waals surface area contributed by atoms with Crippen LogP contribution in [0.5, 0.6) is 0 Å². The summed E-state index contributed by atoms with van der Waals surface area (Å²) in [4.78, 5) is 4.20. The van der Waals surface area contributed by atoms with Gasteiger partial charge in [-0.15, -0.1) is 0 Å². The van der Waals surface area contributed by atoms with Crippen molar-refractivity contribution in [1.29, 1.82) is 5.26 Å². The van der Waals surface area contributed by atoms with Crippen molar-refractivity contribution >= 4 is 11.8 Å². The van der Waals surface area contributed by atoms with Gasteiger partial charge in [0.25, 0.3) is 0 Å². The van der Waals surface area contributed by atoms with E-state index in [1.165, 1.54) is 16.8 Å². The Labute approximate surface area is 151 Å². The minimum Gasteiger partial charge on any atom is -0.377 e. The van der Waals surface area contributed by atoms with E-state index in [-0.39, 0.29) is 0 Å². The molecule has 0 unspecified atom stereocenters. The first-order valence-electron chi connectivity index (χ1n) is 8.67. The van der Waals surface area contributed by atoms with Gasteiger partial charge in [-0.1, -0.05) is 19.2 Å². The molecule has 1 aliphatic rings. The highest BCUT2D eigenvalue weighted by atomic mass is 15.1. The third kappa shape index (κ3) is 4.03. The lowest BCUT2D eigenvalue weighted by Crippen LogP contribution is -2.22. The topological polar surface area (TPSA) is 30.3 Å². The molecule has 0 saturated heterocycles. The summed E-state index contributed by atoms with van der Waals surface area (Å²) in [6.07, 6.45) is 4.82. The molecule has 0 heterocycles. The Morgan fingerprint density at radius 3 is 2.52 bits per heavy atom. The van der Waals surface area contributed by atoms with Crippen molar-refractivity contribution in [2.75, 3.05) is 32.1 Å². The van der Waals surface area contributed by atoms with Gasteiger partial charge in [-0.2, -0.15) is 5.26 Å². The van der Waals surface area contributed by atoms with E-state index < -0.39 is 0 Å². The molecule has 130 valence electrons. The highest BCUT2D eigenvalue weighted by Crippen LogP contribution is 2.32. The van der Waals surface area contributed by atoms with E-state index in [2.05, 4.69) is 62.2 Å². The van der Waals surface area contributed by atoms with Crippen LogP contribution < -0.4 is 4.90 Å². The number of anilines is 1. The van der Waals surface area contributed by atoms with E-state index >= 15 is 0 Å². The lowest BCUT2D eigenvalue weighted by molar-refractivity contribution is 0.527. The van der Waals surface area contributed by atoms with Gasteiger partial charge in [-0.3, -0.25) is 0 Å². The molecular weight excluding hydrogens is 306 g/mol. The summed E-state index contributed by atoms with van der Waals surface area (Å²) in [6, 6.07) is 8.84. The zero-order valence-corrected chi connectivity index (χ0v) is 15.8. The molecule has 3 nitrogen and oxygen atoms in total. The van der Waals surface area contributed by atoms with Crippen LogP contribution in [0.1, 0.15) is 25.0 Å². The van der Waals surface area contributed by atoms with Crippen molar-refractivity contribution < 1.29 is 0 Å². The Kier molecular flexibility index (Phi) is 5.88. The van der Waals surface area contributed by atoms with E-state index in [0.717, 1.165) is 30.7 Å². The van der Waals surface area contributed by atoms with Gasteiger partial charge >= 0.3 is 0 Å². The normalized spacial score (nSPS) is 13.6. The molecule has 0 bridgehead atoms. The molecule has 1 aromatic carbocycles. The third-order valence-electron chi connectivity index (χ3n) is 4.65. The average molecular weight is 333 g/mol. The highest BCUT2D eigenvalue weighted by Gasteiger charge is 2.16. The van der Waals surface area contributed by atoms with Gasteiger partial charge in [0.1, 0.15) is 6.07 Å². The largest absolute Gasteiger partial charge is 0.377 e. The molecule has 0 aromatic heterocycles. The Bertz CT molecular complexity index is 784. The van der Waals surface area contributed by atoms with Crippen molar-refractivity contribution in [3.05, 3.63) is 71.0 Å². The number of nitrogens with zero attached hydrogens (tertiary/aromatic N) is 3. The second-order valence-electron chi connectivity index (χ2n) is 6.45. The first-order valence-corrected chi connectivity index (χ1v) is 8.67. The summed E-state index contributed by atoms with van der Waals surface area (Å²) in [6.45, 7) is 14.5. The zero-order chi connectivity index (χ0) is 18.6. The lowest BCUT2D eigenvalue weighted by Gasteiger charge is -2.24. The smallest absolute Gasteiger partial charge is 0.101 e. The predicted octanol–water partition coefficient (Wildman–Crippen LogP) is 4.55. The summed E-state index contributed by atoms with van der Waals surface area (Å²) in [5.41, 5.74) is 7.05. The van der Waals surface area contributed by atoms with Crippen molar-refractivity contribution in [3.63, 3.8) is 0 Å². The molecule has 0 saturated carbocycles. The number of allylic oxidation sites excluding steroid dienone is 4. The third-order valence-corrected chi connectivity index (χ3v) is 4.65. The fourth-order valence-electron chi connectivity index (χ4n) is 2.99. The van der Waals surface area contributed by atoms with E-state index in [1.54, 1.807) is 0 Å². The van der Waals surface area contributed by atoms with Crippen LogP contribution in [0.2, 0.25) is 0 Å². The number of hydrogen-bond acceptors (Lipinski definition) is 3.